The Kier molecular flexibility index (Phi) is 6.27. The maximum absolute atomic E-state index is 12.9. The van der Waals surface area contributed by atoms with Gasteiger partial charge < -0.3 is 4.90 Å². The number of likely N-dealkylation sites (tertiary alicyclic amines) is 1. The van der Waals surface area contributed by atoms with Crippen LogP contribution in [-0.2, 0) is 15.6 Å². The Morgan fingerprint density at radius 1 is 1.21 bits per heavy atom. The summed E-state index contributed by atoms with van der Waals surface area (Å²) in [5.41, 5.74) is 1.31. The lowest BCUT2D eigenvalue weighted by molar-refractivity contribution is 0.0577. The van der Waals surface area contributed by atoms with Gasteiger partial charge in [-0.15, -0.1) is 0 Å². The maximum Gasteiger partial charge on any atom is 0.272 e. The zero-order chi connectivity index (χ0) is 21.4. The van der Waals surface area contributed by atoms with Crippen molar-refractivity contribution in [1.29, 1.82) is 0 Å². The van der Waals surface area contributed by atoms with Crippen LogP contribution in [0.4, 0.5) is 0 Å². The number of halogens is 2. The van der Waals surface area contributed by atoms with Gasteiger partial charge in [-0.2, -0.15) is 0 Å². The first kappa shape index (κ1) is 22.1. The Labute approximate surface area is 182 Å². The quantitative estimate of drug-likeness (QED) is 0.656. The van der Waals surface area contributed by atoms with E-state index in [1.807, 2.05) is 0 Å². The molecule has 2 heterocycles. The van der Waals surface area contributed by atoms with Gasteiger partial charge in [0.15, 0.2) is 9.84 Å². The minimum Gasteiger partial charge on any atom is -0.337 e. The van der Waals surface area contributed by atoms with Gasteiger partial charge in [-0.3, -0.25) is 4.79 Å². The average Bonchev–Trinajstić information content (AvgIpc) is 2.63. The van der Waals surface area contributed by atoms with E-state index >= 15 is 0 Å². The van der Waals surface area contributed by atoms with Gasteiger partial charge in [0.05, 0.1) is 21.4 Å². The Bertz CT molecular complexity index is 1050. The van der Waals surface area contributed by atoms with Crippen LogP contribution in [0, 0.1) is 12.3 Å². The number of hydrogen-bond acceptors (Lipinski definition) is 4. The highest BCUT2D eigenvalue weighted by Gasteiger charge is 2.30. The largest absolute Gasteiger partial charge is 0.337 e. The third-order valence-electron chi connectivity index (χ3n) is 5.10. The summed E-state index contributed by atoms with van der Waals surface area (Å²) in [6, 6.07) is 7.76. The standard InChI is InChI=1S/C21H24Cl2N2O3S/c1-14-10-17(23)19(11-16(14)22)29(27,28)12-15-6-4-7-18(24-15)20(26)25-9-5-8-21(2,3)13-25/h4,6-7,10-11H,5,8-9,12-13H2,1-3H3. The number of benzene rings is 1. The van der Waals surface area contributed by atoms with E-state index in [2.05, 4.69) is 18.8 Å². The molecule has 1 saturated heterocycles. The van der Waals surface area contributed by atoms with E-state index in [1.54, 1.807) is 30.0 Å². The number of hydrogen-bond donors (Lipinski definition) is 0. The summed E-state index contributed by atoms with van der Waals surface area (Å²) in [5, 5.41) is 0.451. The van der Waals surface area contributed by atoms with Crippen molar-refractivity contribution in [1.82, 2.24) is 9.88 Å². The van der Waals surface area contributed by atoms with Gasteiger partial charge >= 0.3 is 0 Å². The number of nitrogens with zero attached hydrogens (tertiary/aromatic N) is 2. The first-order chi connectivity index (χ1) is 13.5. The van der Waals surface area contributed by atoms with E-state index < -0.39 is 9.84 Å². The second-order valence-corrected chi connectivity index (χ2v) is 11.1. The zero-order valence-corrected chi connectivity index (χ0v) is 19.0. The average molecular weight is 455 g/mol. The van der Waals surface area contributed by atoms with Crippen LogP contribution in [0.15, 0.2) is 35.2 Å². The van der Waals surface area contributed by atoms with E-state index in [4.69, 9.17) is 23.2 Å². The van der Waals surface area contributed by atoms with Gasteiger partial charge in [0.25, 0.3) is 5.91 Å². The number of rotatable bonds is 4. The van der Waals surface area contributed by atoms with Crippen molar-refractivity contribution in [3.8, 4) is 0 Å². The van der Waals surface area contributed by atoms with Gasteiger partial charge in [0.2, 0.25) is 0 Å². The van der Waals surface area contributed by atoms with E-state index in [-0.39, 0.29) is 32.7 Å². The van der Waals surface area contributed by atoms with Gasteiger partial charge in [-0.1, -0.05) is 43.1 Å². The number of carbonyl (C=O) groups is 1. The van der Waals surface area contributed by atoms with Crippen LogP contribution < -0.4 is 0 Å². The van der Waals surface area contributed by atoms with E-state index in [0.717, 1.165) is 12.8 Å². The lowest BCUT2D eigenvalue weighted by Gasteiger charge is -2.37. The Morgan fingerprint density at radius 3 is 2.62 bits per heavy atom. The minimum absolute atomic E-state index is 0.0360. The predicted octanol–water partition coefficient (Wildman–Crippen LogP) is 4.93. The lowest BCUT2D eigenvalue weighted by Crippen LogP contribution is -2.43. The fraction of sp³-hybridized carbons (Fsp3) is 0.429. The fourth-order valence-corrected chi connectivity index (χ4v) is 5.73. The van der Waals surface area contributed by atoms with Gasteiger partial charge in [-0.25, -0.2) is 13.4 Å². The van der Waals surface area contributed by atoms with Crippen LogP contribution in [0.5, 0.6) is 0 Å². The molecule has 8 heteroatoms. The van der Waals surface area contributed by atoms with Crippen molar-refractivity contribution in [2.75, 3.05) is 13.1 Å². The maximum atomic E-state index is 12.9. The Hall–Kier alpha value is -1.63. The molecule has 5 nitrogen and oxygen atoms in total. The molecule has 0 spiro atoms. The molecule has 0 radical (unpaired) electrons. The van der Waals surface area contributed by atoms with Crippen LogP contribution in [0.1, 0.15) is 48.4 Å². The minimum atomic E-state index is -3.77. The summed E-state index contributed by atoms with van der Waals surface area (Å²) in [7, 11) is -3.77. The summed E-state index contributed by atoms with van der Waals surface area (Å²) in [6.45, 7) is 7.37. The molecule has 1 aromatic heterocycles. The number of aryl methyl sites for hydroxylation is 1. The Balaban J connectivity index is 1.84. The number of sulfone groups is 1. The van der Waals surface area contributed by atoms with Gasteiger partial charge in [-0.05, 0) is 55.0 Å². The molecule has 1 aliphatic rings. The molecule has 0 saturated carbocycles. The molecule has 2 aromatic rings. The van der Waals surface area contributed by atoms with Crippen molar-refractivity contribution in [3.63, 3.8) is 0 Å². The molecule has 0 bridgehead atoms. The van der Waals surface area contributed by atoms with Crippen LogP contribution in [0.2, 0.25) is 10.0 Å². The molecular weight excluding hydrogens is 431 g/mol. The number of aromatic nitrogens is 1. The lowest BCUT2D eigenvalue weighted by atomic mass is 9.84. The molecule has 156 valence electrons. The highest BCUT2D eigenvalue weighted by molar-refractivity contribution is 7.90. The highest BCUT2D eigenvalue weighted by atomic mass is 35.5. The molecule has 29 heavy (non-hydrogen) atoms. The first-order valence-electron chi connectivity index (χ1n) is 9.42. The first-order valence-corrected chi connectivity index (χ1v) is 11.8. The summed E-state index contributed by atoms with van der Waals surface area (Å²) < 4.78 is 25.8. The Morgan fingerprint density at radius 2 is 1.93 bits per heavy atom. The fourth-order valence-electron chi connectivity index (χ4n) is 3.58. The van der Waals surface area contributed by atoms with Crippen LogP contribution in [-0.4, -0.2) is 37.3 Å². The number of pyridine rings is 1. The van der Waals surface area contributed by atoms with Gasteiger partial charge in [0, 0.05) is 18.1 Å². The molecular formula is C21H24Cl2N2O3S. The van der Waals surface area contributed by atoms with Crippen molar-refractivity contribution in [2.24, 2.45) is 5.41 Å². The predicted molar refractivity (Wildman–Crippen MR) is 115 cm³/mol. The SMILES string of the molecule is Cc1cc(Cl)c(S(=O)(=O)Cc2cccc(C(=O)N3CCCC(C)(C)C3)n2)cc1Cl. The van der Waals surface area contributed by atoms with Crippen molar-refractivity contribution in [3.05, 3.63) is 57.3 Å². The molecule has 3 rings (SSSR count). The third kappa shape index (κ3) is 5.11. The molecule has 0 aliphatic carbocycles. The molecule has 0 unspecified atom stereocenters. The number of carbonyl (C=O) groups excluding carboxylic acids is 1. The van der Waals surface area contributed by atoms with E-state index in [9.17, 15) is 13.2 Å². The van der Waals surface area contributed by atoms with Crippen molar-refractivity contribution in [2.45, 2.75) is 44.3 Å². The zero-order valence-electron chi connectivity index (χ0n) is 16.7. The second-order valence-electron chi connectivity index (χ2n) is 8.30. The van der Waals surface area contributed by atoms with Crippen LogP contribution in [0.25, 0.3) is 0 Å². The summed E-state index contributed by atoms with van der Waals surface area (Å²) in [5.74, 6) is -0.535. The van der Waals surface area contributed by atoms with Gasteiger partial charge in [0.1, 0.15) is 5.69 Å². The normalized spacial score (nSPS) is 16.7. The van der Waals surface area contributed by atoms with E-state index in [0.29, 0.717) is 29.4 Å². The summed E-state index contributed by atoms with van der Waals surface area (Å²) >= 11 is 12.2. The van der Waals surface area contributed by atoms with Crippen molar-refractivity contribution < 1.29 is 13.2 Å². The number of piperidine rings is 1. The summed E-state index contributed by atoms with van der Waals surface area (Å²) in [4.78, 5) is 19.0. The third-order valence-corrected chi connectivity index (χ3v) is 7.62. The van der Waals surface area contributed by atoms with Crippen molar-refractivity contribution >= 4 is 38.9 Å². The smallest absolute Gasteiger partial charge is 0.272 e. The van der Waals surface area contributed by atoms with Crippen LogP contribution >= 0.6 is 23.2 Å². The second kappa shape index (κ2) is 8.25. The molecule has 1 aromatic carbocycles. The molecule has 1 amide bonds. The number of amides is 1. The molecule has 1 aliphatic heterocycles. The highest BCUT2D eigenvalue weighted by Crippen LogP contribution is 2.31. The van der Waals surface area contributed by atoms with E-state index in [1.165, 1.54) is 12.1 Å². The summed E-state index contributed by atoms with van der Waals surface area (Å²) in [6.07, 6.45) is 2.02. The molecule has 0 atom stereocenters. The molecule has 0 N–H and O–H groups in total. The monoisotopic (exact) mass is 454 g/mol. The van der Waals surface area contributed by atoms with Crippen LogP contribution in [0.3, 0.4) is 0 Å². The molecule has 1 fully saturated rings. The topological polar surface area (TPSA) is 67.3 Å².